The zero-order valence-electron chi connectivity index (χ0n) is 15.7. The van der Waals surface area contributed by atoms with Gasteiger partial charge in [0.05, 0.1) is 25.5 Å². The molecule has 0 spiro atoms. The van der Waals surface area contributed by atoms with Crippen molar-refractivity contribution in [3.63, 3.8) is 0 Å². The highest BCUT2D eigenvalue weighted by Crippen LogP contribution is 2.38. The van der Waals surface area contributed by atoms with Gasteiger partial charge in [-0.15, -0.1) is 5.10 Å². The number of nitrogens with zero attached hydrogens (tertiary/aromatic N) is 4. The van der Waals surface area contributed by atoms with Gasteiger partial charge in [0.1, 0.15) is 0 Å². The Balaban J connectivity index is 1.42. The number of rotatable bonds is 5. The molecule has 1 amide bonds. The molecule has 2 aromatic rings. The summed E-state index contributed by atoms with van der Waals surface area (Å²) < 4.78 is 10.7. The monoisotopic (exact) mass is 368 g/mol. The number of amides is 1. The molecule has 1 saturated heterocycles. The molecule has 2 fully saturated rings. The molecule has 0 atom stereocenters. The molecule has 1 aliphatic heterocycles. The van der Waals surface area contributed by atoms with Gasteiger partial charge in [-0.1, -0.05) is 6.07 Å². The van der Waals surface area contributed by atoms with Crippen molar-refractivity contribution in [2.45, 2.75) is 18.8 Å². The summed E-state index contributed by atoms with van der Waals surface area (Å²) in [7, 11) is 3.12. The molecule has 27 heavy (non-hydrogen) atoms. The van der Waals surface area contributed by atoms with E-state index in [1.807, 2.05) is 17.0 Å². The lowest BCUT2D eigenvalue weighted by molar-refractivity contribution is 0.0742. The number of piperazine rings is 1. The number of ether oxygens (including phenoxy) is 2. The van der Waals surface area contributed by atoms with E-state index in [1.165, 1.54) is 12.8 Å². The first kappa shape index (κ1) is 17.6. The molecule has 1 aromatic carbocycles. The average Bonchev–Trinajstić information content (AvgIpc) is 3.58. The van der Waals surface area contributed by atoms with Crippen molar-refractivity contribution in [2.75, 3.05) is 45.3 Å². The van der Waals surface area contributed by atoms with E-state index in [4.69, 9.17) is 9.47 Å². The standard InChI is InChI=1S/C20H24N4O3/c1-26-17-5-3-4-15(19(17)27-2)20(25)24-12-10-23(11-13-24)18-9-8-16(21-22-18)14-6-7-14/h3-5,8-9,14H,6-7,10-13H2,1-2H3. The van der Waals surface area contributed by atoms with Crippen molar-refractivity contribution < 1.29 is 14.3 Å². The van der Waals surface area contributed by atoms with Crippen LogP contribution in [0.2, 0.25) is 0 Å². The van der Waals surface area contributed by atoms with Gasteiger partial charge in [-0.25, -0.2) is 0 Å². The van der Waals surface area contributed by atoms with Gasteiger partial charge in [0, 0.05) is 32.1 Å². The highest BCUT2D eigenvalue weighted by molar-refractivity contribution is 5.98. The van der Waals surface area contributed by atoms with Crippen LogP contribution in [0.5, 0.6) is 11.5 Å². The fourth-order valence-corrected chi connectivity index (χ4v) is 3.47. The van der Waals surface area contributed by atoms with Crippen molar-refractivity contribution in [1.29, 1.82) is 0 Å². The summed E-state index contributed by atoms with van der Waals surface area (Å²) in [6, 6.07) is 9.50. The van der Waals surface area contributed by atoms with Crippen LogP contribution < -0.4 is 14.4 Å². The van der Waals surface area contributed by atoms with Gasteiger partial charge in [-0.3, -0.25) is 4.79 Å². The summed E-state index contributed by atoms with van der Waals surface area (Å²) in [5.41, 5.74) is 1.62. The third-order valence-electron chi connectivity index (χ3n) is 5.19. The highest BCUT2D eigenvalue weighted by atomic mass is 16.5. The number of para-hydroxylation sites is 1. The second kappa shape index (κ2) is 7.42. The van der Waals surface area contributed by atoms with E-state index < -0.39 is 0 Å². The van der Waals surface area contributed by atoms with Crippen LogP contribution >= 0.6 is 0 Å². The van der Waals surface area contributed by atoms with Crippen LogP contribution in [-0.4, -0.2) is 61.4 Å². The average molecular weight is 368 g/mol. The minimum atomic E-state index is -0.0411. The van der Waals surface area contributed by atoms with Gasteiger partial charge >= 0.3 is 0 Å². The van der Waals surface area contributed by atoms with Crippen LogP contribution in [0.25, 0.3) is 0 Å². The molecular formula is C20H24N4O3. The molecule has 2 aliphatic rings. The van der Waals surface area contributed by atoms with Crippen LogP contribution in [0.15, 0.2) is 30.3 Å². The molecule has 0 bridgehead atoms. The van der Waals surface area contributed by atoms with E-state index in [0.717, 1.165) is 24.6 Å². The van der Waals surface area contributed by atoms with Gasteiger partial charge in [0.15, 0.2) is 17.3 Å². The van der Waals surface area contributed by atoms with E-state index in [0.29, 0.717) is 36.1 Å². The highest BCUT2D eigenvalue weighted by Gasteiger charge is 2.28. The number of benzene rings is 1. The number of methoxy groups -OCH3 is 2. The lowest BCUT2D eigenvalue weighted by Gasteiger charge is -2.35. The summed E-state index contributed by atoms with van der Waals surface area (Å²) >= 11 is 0. The molecule has 1 aliphatic carbocycles. The fraction of sp³-hybridized carbons (Fsp3) is 0.450. The summed E-state index contributed by atoms with van der Waals surface area (Å²) in [5, 5.41) is 8.73. The third-order valence-corrected chi connectivity index (χ3v) is 5.19. The summed E-state index contributed by atoms with van der Waals surface area (Å²) in [5.74, 6) is 2.49. The predicted octanol–water partition coefficient (Wildman–Crippen LogP) is 2.33. The first-order chi connectivity index (χ1) is 13.2. The zero-order valence-corrected chi connectivity index (χ0v) is 15.7. The van der Waals surface area contributed by atoms with Crippen molar-refractivity contribution in [3.8, 4) is 11.5 Å². The quantitative estimate of drug-likeness (QED) is 0.807. The number of hydrogen-bond acceptors (Lipinski definition) is 6. The van der Waals surface area contributed by atoms with Crippen LogP contribution in [0.3, 0.4) is 0 Å². The third kappa shape index (κ3) is 3.54. The Morgan fingerprint density at radius 1 is 1.00 bits per heavy atom. The van der Waals surface area contributed by atoms with Crippen molar-refractivity contribution in [1.82, 2.24) is 15.1 Å². The molecule has 2 heterocycles. The van der Waals surface area contributed by atoms with Crippen LogP contribution in [0.4, 0.5) is 5.82 Å². The van der Waals surface area contributed by atoms with E-state index in [2.05, 4.69) is 21.2 Å². The molecule has 1 saturated carbocycles. The van der Waals surface area contributed by atoms with E-state index >= 15 is 0 Å². The molecule has 0 unspecified atom stereocenters. The Bertz CT molecular complexity index is 812. The Kier molecular flexibility index (Phi) is 4.83. The predicted molar refractivity (Wildman–Crippen MR) is 102 cm³/mol. The first-order valence-electron chi connectivity index (χ1n) is 9.30. The van der Waals surface area contributed by atoms with Crippen LogP contribution in [0, 0.1) is 0 Å². The SMILES string of the molecule is COc1cccc(C(=O)N2CCN(c3ccc(C4CC4)nn3)CC2)c1OC. The summed E-state index contributed by atoms with van der Waals surface area (Å²) in [6.07, 6.45) is 2.45. The molecule has 1 aromatic heterocycles. The van der Waals surface area contributed by atoms with E-state index in [9.17, 15) is 4.79 Å². The largest absolute Gasteiger partial charge is 0.493 e. The molecule has 142 valence electrons. The number of aromatic nitrogens is 2. The first-order valence-corrected chi connectivity index (χ1v) is 9.30. The zero-order chi connectivity index (χ0) is 18.8. The molecule has 0 radical (unpaired) electrons. The van der Waals surface area contributed by atoms with Crippen LogP contribution in [-0.2, 0) is 0 Å². The Morgan fingerprint density at radius 3 is 2.37 bits per heavy atom. The summed E-state index contributed by atoms with van der Waals surface area (Å²) in [6.45, 7) is 2.72. The molecule has 0 N–H and O–H groups in total. The lowest BCUT2D eigenvalue weighted by Crippen LogP contribution is -2.49. The smallest absolute Gasteiger partial charge is 0.257 e. The minimum Gasteiger partial charge on any atom is -0.493 e. The summed E-state index contributed by atoms with van der Waals surface area (Å²) in [4.78, 5) is 17.0. The Morgan fingerprint density at radius 2 is 1.78 bits per heavy atom. The minimum absolute atomic E-state index is 0.0411. The van der Waals surface area contributed by atoms with Gasteiger partial charge in [-0.2, -0.15) is 5.10 Å². The molecular weight excluding hydrogens is 344 g/mol. The Labute approximate surface area is 158 Å². The molecule has 7 heteroatoms. The second-order valence-electron chi connectivity index (χ2n) is 6.91. The molecule has 4 rings (SSSR count). The van der Waals surface area contributed by atoms with Crippen molar-refractivity contribution in [2.24, 2.45) is 0 Å². The maximum Gasteiger partial charge on any atom is 0.257 e. The van der Waals surface area contributed by atoms with Gasteiger partial charge in [-0.05, 0) is 37.1 Å². The van der Waals surface area contributed by atoms with Gasteiger partial charge in [0.25, 0.3) is 5.91 Å². The number of carbonyl (C=O) groups is 1. The topological polar surface area (TPSA) is 67.8 Å². The Hall–Kier alpha value is -2.83. The maximum absolute atomic E-state index is 13.0. The molecule has 7 nitrogen and oxygen atoms in total. The van der Waals surface area contributed by atoms with Gasteiger partial charge < -0.3 is 19.3 Å². The lowest BCUT2D eigenvalue weighted by atomic mass is 10.1. The maximum atomic E-state index is 13.0. The number of anilines is 1. The van der Waals surface area contributed by atoms with Crippen LogP contribution in [0.1, 0.15) is 34.8 Å². The van der Waals surface area contributed by atoms with Gasteiger partial charge in [0.2, 0.25) is 0 Å². The number of carbonyl (C=O) groups excluding carboxylic acids is 1. The van der Waals surface area contributed by atoms with Crippen molar-refractivity contribution >= 4 is 11.7 Å². The van der Waals surface area contributed by atoms with Crippen molar-refractivity contribution in [3.05, 3.63) is 41.6 Å². The normalized spacial score (nSPS) is 17.0. The fourth-order valence-electron chi connectivity index (χ4n) is 3.47. The second-order valence-corrected chi connectivity index (χ2v) is 6.91. The van der Waals surface area contributed by atoms with E-state index in [-0.39, 0.29) is 5.91 Å². The number of hydrogen-bond donors (Lipinski definition) is 0. The van der Waals surface area contributed by atoms with E-state index in [1.54, 1.807) is 26.4 Å².